The summed E-state index contributed by atoms with van der Waals surface area (Å²) in [6.45, 7) is 6.03. The van der Waals surface area contributed by atoms with Crippen molar-refractivity contribution in [2.75, 3.05) is 13.7 Å². The zero-order valence-electron chi connectivity index (χ0n) is 14.6. The van der Waals surface area contributed by atoms with Crippen LogP contribution in [0.5, 0.6) is 11.5 Å². The number of aryl methyl sites for hydroxylation is 1. The Hall–Kier alpha value is -2.56. The third-order valence-electron chi connectivity index (χ3n) is 3.76. The van der Waals surface area contributed by atoms with Gasteiger partial charge in [0.25, 0.3) is 5.91 Å². The number of pyridine rings is 1. The van der Waals surface area contributed by atoms with E-state index in [9.17, 15) is 4.79 Å². The summed E-state index contributed by atoms with van der Waals surface area (Å²) < 4.78 is 10.8. The number of aromatic nitrogens is 1. The van der Waals surface area contributed by atoms with E-state index in [1.807, 2.05) is 31.2 Å². The Balaban J connectivity index is 2.03. The van der Waals surface area contributed by atoms with Crippen molar-refractivity contribution in [2.24, 2.45) is 5.92 Å². The molecule has 0 spiro atoms. The first kappa shape index (κ1) is 17.8. The molecule has 24 heavy (non-hydrogen) atoms. The molecule has 1 atom stereocenters. The third kappa shape index (κ3) is 4.47. The number of ether oxygens (including phenoxy) is 2. The van der Waals surface area contributed by atoms with Gasteiger partial charge in [0, 0.05) is 6.20 Å². The highest BCUT2D eigenvalue weighted by Crippen LogP contribution is 2.26. The molecule has 128 valence electrons. The molecule has 1 aromatic heterocycles. The van der Waals surface area contributed by atoms with Gasteiger partial charge >= 0.3 is 0 Å². The van der Waals surface area contributed by atoms with E-state index >= 15 is 0 Å². The minimum Gasteiger partial charge on any atom is -0.493 e. The molecular weight excluding hydrogens is 304 g/mol. The Morgan fingerprint density at radius 1 is 1.17 bits per heavy atom. The van der Waals surface area contributed by atoms with Gasteiger partial charge in [-0.05, 0) is 36.6 Å². The summed E-state index contributed by atoms with van der Waals surface area (Å²) in [5.74, 6) is 1.18. The van der Waals surface area contributed by atoms with Crippen molar-refractivity contribution in [3.05, 3.63) is 53.9 Å². The lowest BCUT2D eigenvalue weighted by Crippen LogP contribution is -2.36. The molecule has 0 bridgehead atoms. The SMILES string of the molecule is COc1ccccc1OCC(=O)NC(c1ncccc1C)C(C)C. The Labute approximate surface area is 143 Å². The molecule has 0 radical (unpaired) electrons. The molecule has 0 fully saturated rings. The highest BCUT2D eigenvalue weighted by molar-refractivity contribution is 5.78. The van der Waals surface area contributed by atoms with E-state index in [0.29, 0.717) is 11.5 Å². The standard InChI is InChI=1S/C19H24N2O3/c1-13(2)18(19-14(3)8-7-11-20-19)21-17(22)12-24-16-10-6-5-9-15(16)23-4/h5-11,13,18H,12H2,1-4H3,(H,21,22). The Morgan fingerprint density at radius 2 is 1.88 bits per heavy atom. The molecule has 0 saturated carbocycles. The van der Waals surface area contributed by atoms with Gasteiger partial charge in [-0.3, -0.25) is 9.78 Å². The number of methoxy groups -OCH3 is 1. The van der Waals surface area contributed by atoms with Crippen LogP contribution in [0.15, 0.2) is 42.6 Å². The monoisotopic (exact) mass is 328 g/mol. The number of rotatable bonds is 7. The zero-order chi connectivity index (χ0) is 17.5. The number of para-hydroxylation sites is 2. The van der Waals surface area contributed by atoms with E-state index in [0.717, 1.165) is 11.3 Å². The molecule has 1 heterocycles. The summed E-state index contributed by atoms with van der Waals surface area (Å²) in [5.41, 5.74) is 1.94. The highest BCUT2D eigenvalue weighted by atomic mass is 16.5. The van der Waals surface area contributed by atoms with Crippen LogP contribution in [0.2, 0.25) is 0 Å². The van der Waals surface area contributed by atoms with Crippen LogP contribution in [0.1, 0.15) is 31.1 Å². The summed E-state index contributed by atoms with van der Waals surface area (Å²) in [6, 6.07) is 11.0. The third-order valence-corrected chi connectivity index (χ3v) is 3.76. The van der Waals surface area contributed by atoms with Crippen molar-refractivity contribution < 1.29 is 14.3 Å². The normalized spacial score (nSPS) is 11.9. The first-order chi connectivity index (χ1) is 11.5. The number of nitrogens with one attached hydrogen (secondary N) is 1. The van der Waals surface area contributed by atoms with Crippen LogP contribution in [0.25, 0.3) is 0 Å². The average Bonchev–Trinajstić information content (AvgIpc) is 2.58. The van der Waals surface area contributed by atoms with Crippen molar-refractivity contribution in [3.8, 4) is 11.5 Å². The van der Waals surface area contributed by atoms with Crippen molar-refractivity contribution >= 4 is 5.91 Å². The summed E-state index contributed by atoms with van der Waals surface area (Å²) in [6.07, 6.45) is 1.75. The number of hydrogen-bond acceptors (Lipinski definition) is 4. The lowest BCUT2D eigenvalue weighted by Gasteiger charge is -2.23. The largest absolute Gasteiger partial charge is 0.493 e. The van der Waals surface area contributed by atoms with E-state index < -0.39 is 0 Å². The van der Waals surface area contributed by atoms with Gasteiger partial charge in [-0.15, -0.1) is 0 Å². The predicted octanol–water partition coefficient (Wildman–Crippen LogP) is 3.29. The zero-order valence-corrected chi connectivity index (χ0v) is 14.6. The number of carbonyl (C=O) groups is 1. The van der Waals surface area contributed by atoms with Crippen LogP contribution in [0.3, 0.4) is 0 Å². The van der Waals surface area contributed by atoms with Gasteiger partial charge in [0.15, 0.2) is 18.1 Å². The second kappa shape index (κ2) is 8.34. The van der Waals surface area contributed by atoms with Crippen molar-refractivity contribution in [1.82, 2.24) is 10.3 Å². The summed E-state index contributed by atoms with van der Waals surface area (Å²) in [4.78, 5) is 16.7. The predicted molar refractivity (Wildman–Crippen MR) is 93.2 cm³/mol. The summed E-state index contributed by atoms with van der Waals surface area (Å²) >= 11 is 0. The number of benzene rings is 1. The summed E-state index contributed by atoms with van der Waals surface area (Å²) in [5, 5.41) is 3.01. The van der Waals surface area contributed by atoms with Gasteiger partial charge in [0.05, 0.1) is 18.8 Å². The molecule has 0 saturated heterocycles. The number of nitrogens with zero attached hydrogens (tertiary/aromatic N) is 1. The first-order valence-electron chi connectivity index (χ1n) is 7.99. The van der Waals surface area contributed by atoms with Crippen LogP contribution in [-0.4, -0.2) is 24.6 Å². The molecular formula is C19H24N2O3. The molecule has 2 aromatic rings. The molecule has 5 nitrogen and oxygen atoms in total. The minimum atomic E-state index is -0.190. The molecule has 0 aliphatic carbocycles. The Kier molecular flexibility index (Phi) is 6.18. The van der Waals surface area contributed by atoms with Crippen molar-refractivity contribution in [2.45, 2.75) is 26.8 Å². The van der Waals surface area contributed by atoms with Gasteiger partial charge in [0.2, 0.25) is 0 Å². The Bertz CT molecular complexity index is 686. The van der Waals surface area contributed by atoms with Gasteiger partial charge in [0.1, 0.15) is 0 Å². The number of carbonyl (C=O) groups excluding carboxylic acids is 1. The van der Waals surface area contributed by atoms with Crippen LogP contribution >= 0.6 is 0 Å². The van der Waals surface area contributed by atoms with Crippen LogP contribution in [0, 0.1) is 12.8 Å². The van der Waals surface area contributed by atoms with Crippen LogP contribution in [0.4, 0.5) is 0 Å². The minimum absolute atomic E-state index is 0.0739. The molecule has 1 N–H and O–H groups in total. The quantitative estimate of drug-likeness (QED) is 0.847. The van der Waals surface area contributed by atoms with Crippen LogP contribution in [-0.2, 0) is 4.79 Å². The lowest BCUT2D eigenvalue weighted by atomic mass is 9.97. The topological polar surface area (TPSA) is 60.5 Å². The maximum absolute atomic E-state index is 12.3. The highest BCUT2D eigenvalue weighted by Gasteiger charge is 2.21. The van der Waals surface area contributed by atoms with Crippen LogP contribution < -0.4 is 14.8 Å². The molecule has 1 amide bonds. The van der Waals surface area contributed by atoms with E-state index in [4.69, 9.17) is 9.47 Å². The fourth-order valence-electron chi connectivity index (χ4n) is 2.47. The van der Waals surface area contributed by atoms with Crippen molar-refractivity contribution in [3.63, 3.8) is 0 Å². The Morgan fingerprint density at radius 3 is 2.50 bits per heavy atom. The van der Waals surface area contributed by atoms with E-state index in [1.165, 1.54) is 0 Å². The van der Waals surface area contributed by atoms with Gasteiger partial charge < -0.3 is 14.8 Å². The second-order valence-corrected chi connectivity index (χ2v) is 5.93. The summed E-state index contributed by atoms with van der Waals surface area (Å²) in [7, 11) is 1.57. The fraction of sp³-hybridized carbons (Fsp3) is 0.368. The maximum Gasteiger partial charge on any atom is 0.258 e. The molecule has 0 aliphatic rings. The smallest absolute Gasteiger partial charge is 0.258 e. The molecule has 1 unspecified atom stereocenters. The van der Waals surface area contributed by atoms with Gasteiger partial charge in [-0.25, -0.2) is 0 Å². The molecule has 1 aromatic carbocycles. The second-order valence-electron chi connectivity index (χ2n) is 5.93. The van der Waals surface area contributed by atoms with Crippen molar-refractivity contribution in [1.29, 1.82) is 0 Å². The van der Waals surface area contributed by atoms with Gasteiger partial charge in [-0.1, -0.05) is 32.0 Å². The first-order valence-corrected chi connectivity index (χ1v) is 7.99. The molecule has 5 heteroatoms. The average molecular weight is 328 g/mol. The van der Waals surface area contributed by atoms with E-state index in [1.54, 1.807) is 25.4 Å². The molecule has 2 rings (SSSR count). The fourth-order valence-corrected chi connectivity index (χ4v) is 2.47. The van der Waals surface area contributed by atoms with E-state index in [2.05, 4.69) is 24.1 Å². The maximum atomic E-state index is 12.3. The number of amides is 1. The molecule has 0 aliphatic heterocycles. The lowest BCUT2D eigenvalue weighted by molar-refractivity contribution is -0.124. The number of hydrogen-bond donors (Lipinski definition) is 1. The van der Waals surface area contributed by atoms with E-state index in [-0.39, 0.29) is 24.5 Å². The van der Waals surface area contributed by atoms with Gasteiger partial charge in [-0.2, -0.15) is 0 Å².